The zero-order valence-electron chi connectivity index (χ0n) is 14.0. The highest BCUT2D eigenvalue weighted by Crippen LogP contribution is 2.34. The number of nitrogens with one attached hydrogen (secondary N) is 2. The van der Waals surface area contributed by atoms with E-state index >= 15 is 0 Å². The van der Waals surface area contributed by atoms with Crippen molar-refractivity contribution in [1.82, 2.24) is 15.5 Å². The second kappa shape index (κ2) is 7.63. The minimum atomic E-state index is -4.59. The van der Waals surface area contributed by atoms with Crippen LogP contribution in [0.1, 0.15) is 27.6 Å². The number of aromatic nitrogens is 2. The van der Waals surface area contributed by atoms with E-state index in [2.05, 4.69) is 15.5 Å². The van der Waals surface area contributed by atoms with Gasteiger partial charge in [0.05, 0.1) is 29.1 Å². The van der Waals surface area contributed by atoms with Crippen molar-refractivity contribution in [2.45, 2.75) is 12.3 Å². The fourth-order valence-corrected chi connectivity index (χ4v) is 2.72. The summed E-state index contributed by atoms with van der Waals surface area (Å²) in [5, 5.41) is 19.2. The van der Waals surface area contributed by atoms with E-state index in [9.17, 15) is 23.1 Å². The average molecular weight is 375 g/mol. The minimum Gasteiger partial charge on any atom is -0.387 e. The van der Waals surface area contributed by atoms with Crippen molar-refractivity contribution in [3.63, 3.8) is 0 Å². The van der Waals surface area contributed by atoms with Gasteiger partial charge in [0.1, 0.15) is 0 Å². The van der Waals surface area contributed by atoms with Crippen LogP contribution >= 0.6 is 0 Å². The molecule has 0 aliphatic rings. The monoisotopic (exact) mass is 375 g/mol. The largest absolute Gasteiger partial charge is 0.416 e. The second-order valence-corrected chi connectivity index (χ2v) is 5.84. The molecule has 3 rings (SSSR count). The summed E-state index contributed by atoms with van der Waals surface area (Å²) < 4.78 is 39.2. The second-order valence-electron chi connectivity index (χ2n) is 5.84. The highest BCUT2D eigenvalue weighted by atomic mass is 19.4. The van der Waals surface area contributed by atoms with Crippen molar-refractivity contribution in [2.24, 2.45) is 0 Å². The van der Waals surface area contributed by atoms with Crippen LogP contribution in [0.25, 0.3) is 11.3 Å². The summed E-state index contributed by atoms with van der Waals surface area (Å²) in [5.41, 5.74) is 0.236. The normalized spacial score (nSPS) is 12.6. The van der Waals surface area contributed by atoms with Gasteiger partial charge >= 0.3 is 6.18 Å². The number of carbonyl (C=O) groups is 1. The van der Waals surface area contributed by atoms with Crippen LogP contribution < -0.4 is 5.32 Å². The molecule has 2 aromatic carbocycles. The molecular weight excluding hydrogens is 359 g/mol. The van der Waals surface area contributed by atoms with Crippen LogP contribution in [-0.2, 0) is 6.18 Å². The van der Waals surface area contributed by atoms with Gasteiger partial charge in [-0.2, -0.15) is 18.3 Å². The van der Waals surface area contributed by atoms with Crippen molar-refractivity contribution >= 4 is 5.91 Å². The molecule has 1 atom stereocenters. The molecule has 3 aromatic rings. The van der Waals surface area contributed by atoms with Crippen molar-refractivity contribution in [3.8, 4) is 11.3 Å². The van der Waals surface area contributed by atoms with Gasteiger partial charge in [0, 0.05) is 12.1 Å². The highest BCUT2D eigenvalue weighted by molar-refractivity contribution is 5.99. The van der Waals surface area contributed by atoms with E-state index in [1.807, 2.05) is 6.07 Å². The number of hydrogen-bond acceptors (Lipinski definition) is 3. The summed E-state index contributed by atoms with van der Waals surface area (Å²) in [6, 6.07) is 13.7. The molecule has 1 amide bonds. The lowest BCUT2D eigenvalue weighted by Crippen LogP contribution is -2.29. The topological polar surface area (TPSA) is 78.0 Å². The summed E-state index contributed by atoms with van der Waals surface area (Å²) in [5.74, 6) is -0.550. The number of nitrogens with zero attached hydrogens (tertiary/aromatic N) is 1. The van der Waals surface area contributed by atoms with Gasteiger partial charge in [-0.05, 0) is 11.6 Å². The number of halogens is 3. The quantitative estimate of drug-likeness (QED) is 0.638. The van der Waals surface area contributed by atoms with E-state index in [1.54, 1.807) is 24.3 Å². The standard InChI is InChI=1S/C19H16F3N3O2/c20-19(21,22)15-9-5-4-8-13(15)16(26)11-23-18(27)14-10-24-25-17(14)12-6-2-1-3-7-12/h1-10,16,26H,11H2,(H,23,27)(H,24,25)/t16-/m1/s1. The first kappa shape index (κ1) is 18.7. The molecule has 0 bridgehead atoms. The molecule has 0 spiro atoms. The third-order valence-corrected chi connectivity index (χ3v) is 4.03. The Bertz CT molecular complexity index is 923. The minimum absolute atomic E-state index is 0.234. The summed E-state index contributed by atoms with van der Waals surface area (Å²) in [6.07, 6.45) is -4.76. The molecular formula is C19H16F3N3O2. The fraction of sp³-hybridized carbons (Fsp3) is 0.158. The van der Waals surface area contributed by atoms with Crippen molar-refractivity contribution in [1.29, 1.82) is 0 Å². The molecule has 5 nitrogen and oxygen atoms in total. The molecule has 0 saturated carbocycles. The number of H-pyrrole nitrogens is 1. The van der Waals surface area contributed by atoms with E-state index in [0.717, 1.165) is 11.6 Å². The molecule has 3 N–H and O–H groups in total. The maximum absolute atomic E-state index is 13.1. The number of aliphatic hydroxyl groups is 1. The van der Waals surface area contributed by atoms with Gasteiger partial charge in [-0.25, -0.2) is 0 Å². The van der Waals surface area contributed by atoms with Gasteiger partial charge in [0.2, 0.25) is 0 Å². The SMILES string of the molecule is O=C(NC[C@@H](O)c1ccccc1C(F)(F)F)c1cn[nH]c1-c1ccccc1. The summed E-state index contributed by atoms with van der Waals surface area (Å²) in [7, 11) is 0. The summed E-state index contributed by atoms with van der Waals surface area (Å²) in [4.78, 5) is 12.4. The maximum Gasteiger partial charge on any atom is 0.416 e. The fourth-order valence-electron chi connectivity index (χ4n) is 2.72. The maximum atomic E-state index is 13.1. The van der Waals surface area contributed by atoms with Crippen LogP contribution in [0.5, 0.6) is 0 Å². The number of carbonyl (C=O) groups excluding carboxylic acids is 1. The van der Waals surface area contributed by atoms with E-state index in [4.69, 9.17) is 0 Å². The van der Waals surface area contributed by atoms with Crippen LogP contribution in [0.2, 0.25) is 0 Å². The number of aliphatic hydroxyl groups excluding tert-OH is 1. The van der Waals surface area contributed by atoms with Crippen LogP contribution in [0.15, 0.2) is 60.8 Å². The molecule has 0 radical (unpaired) electrons. The number of alkyl halides is 3. The molecule has 140 valence electrons. The highest BCUT2D eigenvalue weighted by Gasteiger charge is 2.34. The van der Waals surface area contributed by atoms with Crippen molar-refractivity contribution < 1.29 is 23.1 Å². The third kappa shape index (κ3) is 4.17. The molecule has 27 heavy (non-hydrogen) atoms. The lowest BCUT2D eigenvalue weighted by Gasteiger charge is -2.18. The van der Waals surface area contributed by atoms with E-state index in [0.29, 0.717) is 5.69 Å². The smallest absolute Gasteiger partial charge is 0.387 e. The molecule has 0 aliphatic carbocycles. The lowest BCUT2D eigenvalue weighted by atomic mass is 10.0. The Kier molecular flexibility index (Phi) is 5.27. The molecule has 8 heteroatoms. The first-order chi connectivity index (χ1) is 12.9. The number of rotatable bonds is 5. The van der Waals surface area contributed by atoms with E-state index in [-0.39, 0.29) is 17.7 Å². The Balaban J connectivity index is 1.74. The van der Waals surface area contributed by atoms with Gasteiger partial charge in [-0.3, -0.25) is 9.89 Å². The molecule has 1 aromatic heterocycles. The first-order valence-electron chi connectivity index (χ1n) is 8.09. The number of benzene rings is 2. The lowest BCUT2D eigenvalue weighted by molar-refractivity contribution is -0.139. The Hall–Kier alpha value is -3.13. The molecule has 0 aliphatic heterocycles. The zero-order chi connectivity index (χ0) is 19.4. The average Bonchev–Trinajstić information content (AvgIpc) is 3.16. The predicted molar refractivity (Wildman–Crippen MR) is 92.8 cm³/mol. The van der Waals surface area contributed by atoms with Crippen molar-refractivity contribution in [2.75, 3.05) is 6.54 Å². The number of aromatic amines is 1. The van der Waals surface area contributed by atoms with Crippen LogP contribution in [0.3, 0.4) is 0 Å². The molecule has 0 unspecified atom stereocenters. The van der Waals surface area contributed by atoms with Crippen LogP contribution in [0, 0.1) is 0 Å². The third-order valence-electron chi connectivity index (χ3n) is 4.03. The van der Waals surface area contributed by atoms with Gasteiger partial charge in [-0.15, -0.1) is 0 Å². The van der Waals surface area contributed by atoms with Gasteiger partial charge < -0.3 is 10.4 Å². The Morgan fingerprint density at radius 3 is 2.48 bits per heavy atom. The Morgan fingerprint density at radius 1 is 1.11 bits per heavy atom. The van der Waals surface area contributed by atoms with Crippen molar-refractivity contribution in [3.05, 3.63) is 77.5 Å². The summed E-state index contributed by atoms with van der Waals surface area (Å²) >= 11 is 0. The Labute approximate surface area is 152 Å². The van der Waals surface area contributed by atoms with Crippen LogP contribution in [0.4, 0.5) is 13.2 Å². The van der Waals surface area contributed by atoms with E-state index in [1.165, 1.54) is 24.4 Å². The number of hydrogen-bond donors (Lipinski definition) is 3. The molecule has 0 fully saturated rings. The zero-order valence-corrected chi connectivity index (χ0v) is 14.0. The first-order valence-corrected chi connectivity index (χ1v) is 8.09. The summed E-state index contributed by atoms with van der Waals surface area (Å²) in [6.45, 7) is -0.370. The van der Waals surface area contributed by atoms with Gasteiger partial charge in [-0.1, -0.05) is 48.5 Å². The molecule has 1 heterocycles. The van der Waals surface area contributed by atoms with Gasteiger partial charge in [0.15, 0.2) is 0 Å². The van der Waals surface area contributed by atoms with Crippen LogP contribution in [-0.4, -0.2) is 27.8 Å². The van der Waals surface area contributed by atoms with Gasteiger partial charge in [0.25, 0.3) is 5.91 Å². The predicted octanol–water partition coefficient (Wildman–Crippen LogP) is 3.56. The van der Waals surface area contributed by atoms with E-state index < -0.39 is 23.8 Å². The number of amides is 1. The Morgan fingerprint density at radius 2 is 1.78 bits per heavy atom. The molecule has 0 saturated heterocycles.